The van der Waals surface area contributed by atoms with Crippen molar-refractivity contribution >= 4 is 71.1 Å². The summed E-state index contributed by atoms with van der Waals surface area (Å²) >= 11 is 0. The van der Waals surface area contributed by atoms with E-state index in [-0.39, 0.29) is 0 Å². The summed E-state index contributed by atoms with van der Waals surface area (Å²) in [5.41, 5.74) is 9.98. The Labute approximate surface area is 245 Å². The molecule has 5 nitrogen and oxygen atoms in total. The van der Waals surface area contributed by atoms with E-state index < -0.39 is 0 Å². The first-order valence-electron chi connectivity index (χ1n) is 14.5. The fourth-order valence-corrected chi connectivity index (χ4v) is 7.26. The number of imidazole rings is 1. The van der Waals surface area contributed by atoms with Gasteiger partial charge in [-0.2, -0.15) is 0 Å². The van der Waals surface area contributed by atoms with Crippen LogP contribution in [0.15, 0.2) is 140 Å². The third kappa shape index (κ3) is 2.90. The number of pyridine rings is 2. The molecule has 0 unspecified atom stereocenters. The van der Waals surface area contributed by atoms with Crippen LogP contribution < -0.4 is 0 Å². The second kappa shape index (κ2) is 8.30. The summed E-state index contributed by atoms with van der Waals surface area (Å²) in [5, 5.41) is 7.12. The van der Waals surface area contributed by atoms with E-state index in [1.165, 1.54) is 38.1 Å². The van der Waals surface area contributed by atoms with Crippen LogP contribution in [0.4, 0.5) is 0 Å². The predicted octanol–water partition coefficient (Wildman–Crippen LogP) is 9.23. The van der Waals surface area contributed by atoms with Gasteiger partial charge in [-0.3, -0.25) is 9.38 Å². The van der Waals surface area contributed by atoms with E-state index in [0.29, 0.717) is 0 Å². The zero-order valence-electron chi connectivity index (χ0n) is 23.0. The van der Waals surface area contributed by atoms with E-state index in [0.717, 1.165) is 44.3 Å². The van der Waals surface area contributed by atoms with Gasteiger partial charge in [0.1, 0.15) is 5.65 Å². The molecule has 5 aromatic heterocycles. The second-order valence-corrected chi connectivity index (χ2v) is 11.1. The summed E-state index contributed by atoms with van der Waals surface area (Å²) in [6.45, 7) is 0. The Morgan fingerprint density at radius 1 is 0.419 bits per heavy atom. The predicted molar refractivity (Wildman–Crippen MR) is 177 cm³/mol. The SMILES string of the molecule is c1ccc(-n2c3ccccc3c3c4c5ccc6c7ncccc7c7nccn7c6c5n(-c5ccccc5)c4ccc32)cc1. The molecule has 5 heterocycles. The van der Waals surface area contributed by atoms with Gasteiger partial charge in [-0.15, -0.1) is 0 Å². The molecule has 43 heavy (non-hydrogen) atoms. The molecule has 0 aliphatic heterocycles. The highest BCUT2D eigenvalue weighted by atomic mass is 15.0. The molecule has 0 spiro atoms. The first-order valence-corrected chi connectivity index (χ1v) is 14.5. The van der Waals surface area contributed by atoms with E-state index in [2.05, 4.69) is 135 Å². The molecule has 5 aromatic carbocycles. The normalized spacial score (nSPS) is 12.2. The lowest BCUT2D eigenvalue weighted by atomic mass is 10.0. The van der Waals surface area contributed by atoms with Gasteiger partial charge in [-0.1, -0.05) is 60.7 Å². The maximum atomic E-state index is 4.86. The highest BCUT2D eigenvalue weighted by Gasteiger charge is 2.23. The van der Waals surface area contributed by atoms with Crippen molar-refractivity contribution in [3.05, 3.63) is 140 Å². The first-order chi connectivity index (χ1) is 21.4. The summed E-state index contributed by atoms with van der Waals surface area (Å²) in [4.78, 5) is 9.66. The number of benzene rings is 5. The Hall–Kier alpha value is -5.94. The van der Waals surface area contributed by atoms with Crippen LogP contribution in [0, 0.1) is 0 Å². The number of rotatable bonds is 2. The summed E-state index contributed by atoms with van der Waals surface area (Å²) in [6.07, 6.45) is 5.84. The van der Waals surface area contributed by atoms with Crippen molar-refractivity contribution in [2.75, 3.05) is 0 Å². The summed E-state index contributed by atoms with van der Waals surface area (Å²) in [7, 11) is 0. The molecule has 10 rings (SSSR count). The average molecular weight is 550 g/mol. The van der Waals surface area contributed by atoms with Crippen molar-refractivity contribution in [1.82, 2.24) is 23.5 Å². The molecule has 5 heteroatoms. The monoisotopic (exact) mass is 549 g/mol. The van der Waals surface area contributed by atoms with Gasteiger partial charge in [0, 0.05) is 62.3 Å². The van der Waals surface area contributed by atoms with Crippen molar-refractivity contribution in [2.24, 2.45) is 0 Å². The van der Waals surface area contributed by atoms with Crippen molar-refractivity contribution in [1.29, 1.82) is 0 Å². The van der Waals surface area contributed by atoms with Gasteiger partial charge in [-0.05, 0) is 60.7 Å². The van der Waals surface area contributed by atoms with Crippen molar-refractivity contribution < 1.29 is 0 Å². The second-order valence-electron chi connectivity index (χ2n) is 11.1. The minimum atomic E-state index is 0.916. The summed E-state index contributed by atoms with van der Waals surface area (Å²) in [5.74, 6) is 0. The lowest BCUT2D eigenvalue weighted by molar-refractivity contribution is 1.17. The largest absolute Gasteiger partial charge is 0.309 e. The van der Waals surface area contributed by atoms with Gasteiger partial charge >= 0.3 is 0 Å². The zero-order chi connectivity index (χ0) is 28.1. The molecule has 0 saturated heterocycles. The van der Waals surface area contributed by atoms with Crippen LogP contribution in [-0.4, -0.2) is 23.5 Å². The van der Waals surface area contributed by atoms with Crippen LogP contribution >= 0.6 is 0 Å². The molecule has 200 valence electrons. The maximum absolute atomic E-state index is 4.86. The third-order valence-corrected chi connectivity index (χ3v) is 8.92. The van der Waals surface area contributed by atoms with Gasteiger partial charge < -0.3 is 9.13 Å². The smallest absolute Gasteiger partial charge is 0.146 e. The van der Waals surface area contributed by atoms with E-state index in [4.69, 9.17) is 9.97 Å². The first kappa shape index (κ1) is 22.7. The summed E-state index contributed by atoms with van der Waals surface area (Å²) < 4.78 is 7.06. The minimum Gasteiger partial charge on any atom is -0.309 e. The molecule has 0 aliphatic carbocycles. The number of aromatic nitrogens is 5. The Bertz CT molecular complexity index is 2710. The van der Waals surface area contributed by atoms with Crippen LogP contribution in [0.5, 0.6) is 0 Å². The van der Waals surface area contributed by atoms with Crippen LogP contribution in [0.25, 0.3) is 82.4 Å². The number of hydrogen-bond acceptors (Lipinski definition) is 2. The Morgan fingerprint density at radius 3 is 1.88 bits per heavy atom. The van der Waals surface area contributed by atoms with E-state index in [1.807, 2.05) is 18.5 Å². The molecule has 0 atom stereocenters. The third-order valence-electron chi connectivity index (χ3n) is 8.92. The molecular weight excluding hydrogens is 526 g/mol. The van der Waals surface area contributed by atoms with Crippen LogP contribution in [-0.2, 0) is 0 Å². The molecule has 0 bridgehead atoms. The molecule has 0 saturated carbocycles. The number of hydrogen-bond donors (Lipinski definition) is 0. The lowest BCUT2D eigenvalue weighted by Gasteiger charge is -2.12. The fourth-order valence-electron chi connectivity index (χ4n) is 7.26. The van der Waals surface area contributed by atoms with Gasteiger partial charge in [0.05, 0.1) is 33.1 Å². The van der Waals surface area contributed by atoms with E-state index >= 15 is 0 Å². The van der Waals surface area contributed by atoms with Crippen molar-refractivity contribution in [2.45, 2.75) is 0 Å². The number of para-hydroxylation sites is 3. The minimum absolute atomic E-state index is 0.916. The molecular formula is C38H23N5. The molecule has 0 amide bonds. The molecule has 0 aliphatic rings. The zero-order valence-corrected chi connectivity index (χ0v) is 23.0. The van der Waals surface area contributed by atoms with Crippen LogP contribution in [0.3, 0.4) is 0 Å². The van der Waals surface area contributed by atoms with Gasteiger partial charge in [-0.25, -0.2) is 4.98 Å². The molecule has 10 aromatic rings. The molecule has 0 fully saturated rings. The lowest BCUT2D eigenvalue weighted by Crippen LogP contribution is -1.98. The standard InChI is InChI=1S/C38H23N5/c1-3-10-24(11-4-1)42-30-16-8-7-14-26(30)33-31(42)19-20-32-34(33)27-17-18-28-35-29(15-9-21-39-35)38-40-22-23-41(38)36(28)37(27)43(32)25-12-5-2-6-13-25/h1-23H. The quantitative estimate of drug-likeness (QED) is 0.202. The van der Waals surface area contributed by atoms with Gasteiger partial charge in [0.25, 0.3) is 0 Å². The summed E-state index contributed by atoms with van der Waals surface area (Å²) in [6, 6.07) is 43.3. The van der Waals surface area contributed by atoms with Gasteiger partial charge in [0.15, 0.2) is 0 Å². The van der Waals surface area contributed by atoms with Crippen molar-refractivity contribution in [3.8, 4) is 11.4 Å². The number of nitrogens with zero attached hydrogens (tertiary/aromatic N) is 5. The van der Waals surface area contributed by atoms with E-state index in [9.17, 15) is 0 Å². The Balaban J connectivity index is 1.51. The van der Waals surface area contributed by atoms with Crippen LogP contribution in [0.2, 0.25) is 0 Å². The highest BCUT2D eigenvalue weighted by molar-refractivity contribution is 6.32. The highest BCUT2D eigenvalue weighted by Crippen LogP contribution is 2.44. The molecule has 0 radical (unpaired) electrons. The number of fused-ring (bicyclic) bond motifs is 14. The van der Waals surface area contributed by atoms with Gasteiger partial charge in [0.2, 0.25) is 0 Å². The maximum Gasteiger partial charge on any atom is 0.146 e. The van der Waals surface area contributed by atoms with E-state index in [1.54, 1.807) is 0 Å². The van der Waals surface area contributed by atoms with Crippen molar-refractivity contribution in [3.63, 3.8) is 0 Å². The topological polar surface area (TPSA) is 40.1 Å². The Kier molecular flexibility index (Phi) is 4.39. The fraction of sp³-hybridized carbons (Fsp3) is 0. The average Bonchev–Trinajstić information content (AvgIpc) is 3.78. The Morgan fingerprint density at radius 2 is 1.07 bits per heavy atom. The molecule has 0 N–H and O–H groups in total. The van der Waals surface area contributed by atoms with Crippen LogP contribution in [0.1, 0.15) is 0 Å².